The maximum Gasteiger partial charge on any atom is 0.342 e. The highest BCUT2D eigenvalue weighted by Gasteiger charge is 2.27. The Balaban J connectivity index is 2.70. The largest absolute Gasteiger partial charge is 0.507 e. The second-order valence-electron chi connectivity index (χ2n) is 5.17. The summed E-state index contributed by atoms with van der Waals surface area (Å²) < 4.78 is 5.60. The van der Waals surface area contributed by atoms with Crippen LogP contribution in [0.2, 0.25) is 0 Å². The Bertz CT molecular complexity index is 414. The molecule has 1 aromatic carbocycles. The van der Waals surface area contributed by atoms with Gasteiger partial charge in [0.25, 0.3) is 0 Å². The zero-order chi connectivity index (χ0) is 14.3. The van der Waals surface area contributed by atoms with Crippen molar-refractivity contribution < 1.29 is 14.6 Å². The van der Waals surface area contributed by atoms with E-state index in [1.807, 2.05) is 13.8 Å². The minimum Gasteiger partial charge on any atom is -0.507 e. The third-order valence-electron chi connectivity index (χ3n) is 3.52. The molecule has 0 aliphatic carbocycles. The molecule has 19 heavy (non-hydrogen) atoms. The van der Waals surface area contributed by atoms with E-state index in [4.69, 9.17) is 4.74 Å². The first-order chi connectivity index (χ1) is 9.02. The molecule has 0 aliphatic heterocycles. The fourth-order valence-electron chi connectivity index (χ4n) is 1.97. The van der Waals surface area contributed by atoms with Gasteiger partial charge in [0.2, 0.25) is 0 Å². The molecule has 0 saturated heterocycles. The van der Waals surface area contributed by atoms with E-state index in [2.05, 4.69) is 6.92 Å². The van der Waals surface area contributed by atoms with E-state index in [1.165, 1.54) is 6.07 Å². The van der Waals surface area contributed by atoms with Crippen LogP contribution in [0.3, 0.4) is 0 Å². The van der Waals surface area contributed by atoms with E-state index < -0.39 is 11.6 Å². The van der Waals surface area contributed by atoms with E-state index in [1.54, 1.807) is 18.2 Å². The Kier molecular flexibility index (Phi) is 5.87. The van der Waals surface area contributed by atoms with Crippen molar-refractivity contribution in [2.75, 3.05) is 0 Å². The van der Waals surface area contributed by atoms with Crippen LogP contribution < -0.4 is 0 Å². The molecule has 1 aromatic rings. The summed E-state index contributed by atoms with van der Waals surface area (Å²) in [5, 5.41) is 9.66. The van der Waals surface area contributed by atoms with E-state index in [9.17, 15) is 9.90 Å². The standard InChI is InChI=1S/C16H24O3/c1-4-6-9-12-16(3,5-2)19-15(18)13-10-7-8-11-14(13)17/h7-8,10-11,17H,4-6,9,12H2,1-3H3. The minimum absolute atomic E-state index is 0.0282. The summed E-state index contributed by atoms with van der Waals surface area (Å²) in [6, 6.07) is 6.49. The molecule has 1 atom stereocenters. The van der Waals surface area contributed by atoms with Crippen molar-refractivity contribution in [3.63, 3.8) is 0 Å². The number of carbonyl (C=O) groups excluding carboxylic acids is 1. The average molecular weight is 264 g/mol. The molecule has 0 bridgehead atoms. The van der Waals surface area contributed by atoms with Gasteiger partial charge in [-0.1, -0.05) is 38.8 Å². The highest BCUT2D eigenvalue weighted by Crippen LogP contribution is 2.26. The number of para-hydroxylation sites is 1. The predicted octanol–water partition coefficient (Wildman–Crippen LogP) is 4.30. The number of phenolic OH excluding ortho intramolecular Hbond substituents is 1. The van der Waals surface area contributed by atoms with Crippen LogP contribution in [0, 0.1) is 0 Å². The lowest BCUT2D eigenvalue weighted by atomic mass is 9.95. The quantitative estimate of drug-likeness (QED) is 0.590. The van der Waals surface area contributed by atoms with Crippen molar-refractivity contribution in [3.8, 4) is 5.75 Å². The molecule has 1 rings (SSSR count). The van der Waals surface area contributed by atoms with Crippen molar-refractivity contribution in [1.29, 1.82) is 0 Å². The topological polar surface area (TPSA) is 46.5 Å². The zero-order valence-corrected chi connectivity index (χ0v) is 12.1. The van der Waals surface area contributed by atoms with Crippen LogP contribution in [0.15, 0.2) is 24.3 Å². The molecule has 0 fully saturated rings. The highest BCUT2D eigenvalue weighted by molar-refractivity contribution is 5.92. The summed E-state index contributed by atoms with van der Waals surface area (Å²) in [4.78, 5) is 12.1. The number of phenols is 1. The van der Waals surface area contributed by atoms with Crippen LogP contribution in [0.25, 0.3) is 0 Å². The molecule has 1 unspecified atom stereocenters. The molecular weight excluding hydrogens is 240 g/mol. The van der Waals surface area contributed by atoms with Crippen LogP contribution in [0.4, 0.5) is 0 Å². The number of rotatable bonds is 7. The van der Waals surface area contributed by atoms with Gasteiger partial charge in [0.15, 0.2) is 0 Å². The number of carbonyl (C=O) groups is 1. The smallest absolute Gasteiger partial charge is 0.342 e. The van der Waals surface area contributed by atoms with Gasteiger partial charge < -0.3 is 9.84 Å². The van der Waals surface area contributed by atoms with E-state index >= 15 is 0 Å². The first-order valence-electron chi connectivity index (χ1n) is 7.03. The van der Waals surface area contributed by atoms with Gasteiger partial charge in [0.05, 0.1) is 0 Å². The number of hydrogen-bond donors (Lipinski definition) is 1. The Morgan fingerprint density at radius 1 is 1.26 bits per heavy atom. The maximum atomic E-state index is 12.1. The summed E-state index contributed by atoms with van der Waals surface area (Å²) in [7, 11) is 0. The van der Waals surface area contributed by atoms with Gasteiger partial charge in [0, 0.05) is 0 Å². The van der Waals surface area contributed by atoms with Gasteiger partial charge in [-0.2, -0.15) is 0 Å². The van der Waals surface area contributed by atoms with Gasteiger partial charge in [-0.15, -0.1) is 0 Å². The molecule has 0 amide bonds. The molecule has 0 aromatic heterocycles. The van der Waals surface area contributed by atoms with Crippen molar-refractivity contribution >= 4 is 5.97 Å². The Hall–Kier alpha value is -1.51. The summed E-state index contributed by atoms with van der Waals surface area (Å²) in [5.74, 6) is -0.474. The van der Waals surface area contributed by atoms with Crippen molar-refractivity contribution in [1.82, 2.24) is 0 Å². The fraction of sp³-hybridized carbons (Fsp3) is 0.562. The van der Waals surface area contributed by atoms with E-state index in [0.717, 1.165) is 32.1 Å². The molecule has 106 valence electrons. The van der Waals surface area contributed by atoms with Crippen LogP contribution in [-0.2, 0) is 4.74 Å². The summed E-state index contributed by atoms with van der Waals surface area (Å²) in [5.41, 5.74) is -0.216. The highest BCUT2D eigenvalue weighted by atomic mass is 16.6. The van der Waals surface area contributed by atoms with E-state index in [0.29, 0.717) is 0 Å². The fourth-order valence-corrected chi connectivity index (χ4v) is 1.97. The number of unbranched alkanes of at least 4 members (excludes halogenated alkanes) is 2. The summed E-state index contributed by atoms with van der Waals surface area (Å²) in [6.45, 7) is 6.13. The van der Waals surface area contributed by atoms with Gasteiger partial charge in [-0.25, -0.2) is 4.79 Å². The minimum atomic E-state index is -0.450. The normalized spacial score (nSPS) is 13.8. The van der Waals surface area contributed by atoms with E-state index in [-0.39, 0.29) is 11.3 Å². The molecule has 0 spiro atoms. The van der Waals surface area contributed by atoms with Crippen LogP contribution in [-0.4, -0.2) is 16.7 Å². The van der Waals surface area contributed by atoms with Gasteiger partial charge in [0.1, 0.15) is 16.9 Å². The first kappa shape index (κ1) is 15.5. The SMILES string of the molecule is CCCCCC(C)(CC)OC(=O)c1ccccc1O. The van der Waals surface area contributed by atoms with Gasteiger partial charge in [-0.05, 0) is 38.3 Å². The number of hydrogen-bond acceptors (Lipinski definition) is 3. The maximum absolute atomic E-state index is 12.1. The van der Waals surface area contributed by atoms with Crippen molar-refractivity contribution in [2.45, 2.75) is 58.5 Å². The molecular formula is C16H24O3. The number of esters is 1. The zero-order valence-electron chi connectivity index (χ0n) is 12.1. The molecule has 3 nitrogen and oxygen atoms in total. The van der Waals surface area contributed by atoms with Crippen molar-refractivity contribution in [3.05, 3.63) is 29.8 Å². The monoisotopic (exact) mass is 264 g/mol. The molecule has 0 saturated carbocycles. The second-order valence-corrected chi connectivity index (χ2v) is 5.17. The van der Waals surface area contributed by atoms with Crippen LogP contribution in [0.1, 0.15) is 63.2 Å². The predicted molar refractivity (Wildman–Crippen MR) is 76.4 cm³/mol. The molecule has 3 heteroatoms. The lowest BCUT2D eigenvalue weighted by molar-refractivity contribution is -0.0166. The molecule has 0 heterocycles. The molecule has 0 aliphatic rings. The first-order valence-corrected chi connectivity index (χ1v) is 7.03. The number of benzene rings is 1. The van der Waals surface area contributed by atoms with Crippen LogP contribution in [0.5, 0.6) is 5.75 Å². The lowest BCUT2D eigenvalue weighted by Crippen LogP contribution is -2.31. The lowest BCUT2D eigenvalue weighted by Gasteiger charge is -2.28. The van der Waals surface area contributed by atoms with Gasteiger partial charge in [-0.3, -0.25) is 0 Å². The Morgan fingerprint density at radius 2 is 1.95 bits per heavy atom. The van der Waals surface area contributed by atoms with Crippen LogP contribution >= 0.6 is 0 Å². The average Bonchev–Trinajstić information content (AvgIpc) is 2.39. The summed E-state index contributed by atoms with van der Waals surface area (Å²) in [6.07, 6.45) is 4.97. The summed E-state index contributed by atoms with van der Waals surface area (Å²) >= 11 is 0. The number of ether oxygens (including phenoxy) is 1. The van der Waals surface area contributed by atoms with Crippen molar-refractivity contribution in [2.24, 2.45) is 0 Å². The Morgan fingerprint density at radius 3 is 2.53 bits per heavy atom. The third-order valence-corrected chi connectivity index (χ3v) is 3.52. The third kappa shape index (κ3) is 4.58. The Labute approximate surface area is 115 Å². The van der Waals surface area contributed by atoms with Gasteiger partial charge >= 0.3 is 5.97 Å². The molecule has 1 N–H and O–H groups in total. The molecule has 0 radical (unpaired) electrons. The number of aromatic hydroxyl groups is 1. The second kappa shape index (κ2) is 7.17.